The van der Waals surface area contributed by atoms with Crippen molar-refractivity contribution in [1.29, 1.82) is 0 Å². The Balaban J connectivity index is 2.43. The van der Waals surface area contributed by atoms with Crippen molar-refractivity contribution in [1.82, 2.24) is 0 Å². The highest BCUT2D eigenvalue weighted by Gasteiger charge is 1.87. The minimum atomic E-state index is 0.492. The summed E-state index contributed by atoms with van der Waals surface area (Å²) < 4.78 is 5.19. The summed E-state index contributed by atoms with van der Waals surface area (Å²) in [4.78, 5) is 0. The summed E-state index contributed by atoms with van der Waals surface area (Å²) in [5, 5.41) is 0. The van der Waals surface area contributed by atoms with Gasteiger partial charge < -0.3 is 4.74 Å². The maximum Gasteiger partial charge on any atom is 0.148 e. The molecule has 0 aliphatic carbocycles. The molecule has 0 N–H and O–H groups in total. The van der Waals surface area contributed by atoms with Gasteiger partial charge in [0.25, 0.3) is 0 Å². The number of para-hydroxylation sites is 1. The average Bonchev–Trinajstić information content (AvgIpc) is 2.03. The summed E-state index contributed by atoms with van der Waals surface area (Å²) in [5.41, 5.74) is 0. The normalized spacial score (nSPS) is 9.30. The van der Waals surface area contributed by atoms with E-state index < -0.39 is 0 Å². The Morgan fingerprint density at radius 3 is 2.60 bits per heavy atom. The van der Waals surface area contributed by atoms with E-state index in [9.17, 15) is 0 Å². The van der Waals surface area contributed by atoms with Crippen molar-refractivity contribution in [2.45, 2.75) is 0 Å². The van der Waals surface area contributed by atoms with Gasteiger partial charge in [-0.1, -0.05) is 18.2 Å². The zero-order valence-corrected chi connectivity index (χ0v) is 6.86. The van der Waals surface area contributed by atoms with Crippen LogP contribution in [0.15, 0.2) is 30.3 Å². The molecule has 1 rings (SSSR count). The van der Waals surface area contributed by atoms with Gasteiger partial charge in [0.1, 0.15) is 11.7 Å². The summed E-state index contributed by atoms with van der Waals surface area (Å²) in [6, 6.07) is 9.59. The predicted octanol–water partition coefficient (Wildman–Crippen LogP) is 2.91. The highest BCUT2D eigenvalue weighted by Crippen LogP contribution is 2.12. The Kier molecular flexibility index (Phi) is 3.47. The van der Waals surface area contributed by atoms with Crippen molar-refractivity contribution in [2.24, 2.45) is 0 Å². The van der Waals surface area contributed by atoms with E-state index in [1.165, 1.54) is 0 Å². The lowest BCUT2D eigenvalue weighted by Crippen LogP contribution is -1.88. The molecule has 54 valence electrons. The van der Waals surface area contributed by atoms with Crippen molar-refractivity contribution in [3.05, 3.63) is 30.3 Å². The maximum absolute atomic E-state index is 5.34. The Bertz CT molecular complexity index is 178. The first-order valence-electron chi connectivity index (χ1n) is 2.85. The summed E-state index contributed by atoms with van der Waals surface area (Å²) >= 11 is 0. The first kappa shape index (κ1) is 7.76. The molecule has 1 aromatic carbocycles. The second-order valence-electron chi connectivity index (χ2n) is 1.68. The highest BCUT2D eigenvalue weighted by atomic mass is 35.7. The molecule has 0 bridgehead atoms. The molecule has 0 heterocycles. The van der Waals surface area contributed by atoms with E-state index >= 15 is 0 Å². The average molecular weight is 175 g/mol. The van der Waals surface area contributed by atoms with Gasteiger partial charge >= 0.3 is 0 Å². The standard InChI is InChI=1S/C7H7ClOS/c8-10-6-9-7-4-2-1-3-5-7/h1-5H,6H2. The third kappa shape index (κ3) is 2.50. The number of halogens is 1. The fraction of sp³-hybridized carbons (Fsp3) is 0.143. The van der Waals surface area contributed by atoms with E-state index in [4.69, 9.17) is 15.4 Å². The molecular formula is C7H7ClOS. The zero-order chi connectivity index (χ0) is 7.23. The van der Waals surface area contributed by atoms with Gasteiger partial charge in [-0.25, -0.2) is 0 Å². The third-order valence-electron chi connectivity index (χ3n) is 1.01. The van der Waals surface area contributed by atoms with Crippen LogP contribution in [0.3, 0.4) is 0 Å². The molecule has 0 atom stereocenters. The van der Waals surface area contributed by atoms with Crippen molar-refractivity contribution in [2.75, 3.05) is 5.94 Å². The molecule has 0 unspecified atom stereocenters. The molecule has 0 aliphatic heterocycles. The number of benzene rings is 1. The van der Waals surface area contributed by atoms with Gasteiger partial charge in [-0.2, -0.15) is 0 Å². The molecule has 0 amide bonds. The van der Waals surface area contributed by atoms with E-state index in [0.717, 1.165) is 16.7 Å². The first-order valence-corrected chi connectivity index (χ1v) is 4.66. The number of rotatable bonds is 3. The summed E-state index contributed by atoms with van der Waals surface area (Å²) in [6.07, 6.45) is 0. The molecule has 3 heteroatoms. The van der Waals surface area contributed by atoms with Crippen LogP contribution in [0.5, 0.6) is 5.75 Å². The Morgan fingerprint density at radius 2 is 2.00 bits per heavy atom. The first-order chi connectivity index (χ1) is 4.93. The molecule has 1 nitrogen and oxygen atoms in total. The van der Waals surface area contributed by atoms with Crippen LogP contribution in [-0.4, -0.2) is 5.94 Å². The van der Waals surface area contributed by atoms with Gasteiger partial charge in [0.15, 0.2) is 0 Å². The van der Waals surface area contributed by atoms with E-state index in [1.807, 2.05) is 30.3 Å². The van der Waals surface area contributed by atoms with E-state index in [0.29, 0.717) is 5.94 Å². The Labute approximate surface area is 68.8 Å². The minimum absolute atomic E-state index is 0.492. The molecule has 0 saturated carbocycles. The lowest BCUT2D eigenvalue weighted by molar-refractivity contribution is 0.394. The molecule has 0 aromatic heterocycles. The number of ether oxygens (including phenoxy) is 1. The summed E-state index contributed by atoms with van der Waals surface area (Å²) in [5.74, 6) is 1.35. The lowest BCUT2D eigenvalue weighted by atomic mass is 10.3. The topological polar surface area (TPSA) is 9.23 Å². The molecule has 1 aromatic rings. The van der Waals surface area contributed by atoms with Crippen LogP contribution in [0.2, 0.25) is 0 Å². The van der Waals surface area contributed by atoms with Gasteiger partial charge in [0.2, 0.25) is 0 Å². The molecule has 0 aliphatic rings. The van der Waals surface area contributed by atoms with Gasteiger partial charge in [-0.15, -0.1) is 0 Å². The van der Waals surface area contributed by atoms with Gasteiger partial charge in [0, 0.05) is 0 Å². The molecule has 0 saturated heterocycles. The van der Waals surface area contributed by atoms with Crippen LogP contribution < -0.4 is 4.74 Å². The number of hydrogen-bond donors (Lipinski definition) is 0. The monoisotopic (exact) mass is 174 g/mol. The molecule has 0 fully saturated rings. The van der Waals surface area contributed by atoms with Crippen LogP contribution >= 0.6 is 21.7 Å². The second kappa shape index (κ2) is 4.47. The van der Waals surface area contributed by atoms with Crippen molar-refractivity contribution < 1.29 is 4.74 Å². The van der Waals surface area contributed by atoms with Crippen LogP contribution in [0.4, 0.5) is 0 Å². The fourth-order valence-electron chi connectivity index (χ4n) is 0.607. The molecule has 0 radical (unpaired) electrons. The molecule has 0 spiro atoms. The van der Waals surface area contributed by atoms with Crippen molar-refractivity contribution in [3.8, 4) is 5.75 Å². The highest BCUT2D eigenvalue weighted by molar-refractivity contribution is 8.20. The zero-order valence-electron chi connectivity index (χ0n) is 5.29. The Hall–Kier alpha value is -0.340. The van der Waals surface area contributed by atoms with Crippen LogP contribution in [0.25, 0.3) is 0 Å². The predicted molar refractivity (Wildman–Crippen MR) is 45.4 cm³/mol. The van der Waals surface area contributed by atoms with Gasteiger partial charge in [-0.05, 0) is 33.8 Å². The summed E-state index contributed by atoms with van der Waals surface area (Å²) in [7, 11) is 6.49. The molecular weight excluding hydrogens is 168 g/mol. The smallest absolute Gasteiger partial charge is 0.148 e. The fourth-order valence-corrected chi connectivity index (χ4v) is 0.921. The van der Waals surface area contributed by atoms with Crippen LogP contribution in [0.1, 0.15) is 0 Å². The minimum Gasteiger partial charge on any atom is -0.482 e. The maximum atomic E-state index is 5.34. The van der Waals surface area contributed by atoms with Crippen molar-refractivity contribution in [3.63, 3.8) is 0 Å². The van der Waals surface area contributed by atoms with E-state index in [1.54, 1.807) is 0 Å². The van der Waals surface area contributed by atoms with Crippen LogP contribution in [0, 0.1) is 0 Å². The molecule has 10 heavy (non-hydrogen) atoms. The van der Waals surface area contributed by atoms with Crippen molar-refractivity contribution >= 4 is 21.7 Å². The van der Waals surface area contributed by atoms with Gasteiger partial charge in [0.05, 0.1) is 0 Å². The van der Waals surface area contributed by atoms with E-state index in [-0.39, 0.29) is 0 Å². The third-order valence-corrected chi connectivity index (χ3v) is 1.49. The van der Waals surface area contributed by atoms with E-state index in [2.05, 4.69) is 0 Å². The second-order valence-corrected chi connectivity index (χ2v) is 2.79. The van der Waals surface area contributed by atoms with Crippen LogP contribution in [-0.2, 0) is 0 Å². The SMILES string of the molecule is ClSCOc1ccccc1. The number of hydrogen-bond acceptors (Lipinski definition) is 2. The van der Waals surface area contributed by atoms with Gasteiger partial charge in [-0.3, -0.25) is 0 Å². The quantitative estimate of drug-likeness (QED) is 0.652. The lowest BCUT2D eigenvalue weighted by Gasteiger charge is -2.00. The Morgan fingerprint density at radius 1 is 1.30 bits per heavy atom. The largest absolute Gasteiger partial charge is 0.482 e. The summed E-state index contributed by atoms with van der Waals surface area (Å²) in [6.45, 7) is 0.